The summed E-state index contributed by atoms with van der Waals surface area (Å²) in [7, 11) is -6.46. The number of nitrogens with one attached hydrogen (secondary N) is 1. The van der Waals surface area contributed by atoms with Gasteiger partial charge in [-0.3, -0.25) is 14.9 Å². The van der Waals surface area contributed by atoms with Gasteiger partial charge < -0.3 is 9.16 Å². The summed E-state index contributed by atoms with van der Waals surface area (Å²) in [5.41, 5.74) is -0.779. The predicted molar refractivity (Wildman–Crippen MR) is 141 cm³/mol. The van der Waals surface area contributed by atoms with Gasteiger partial charge in [0.1, 0.15) is 17.4 Å². The minimum atomic E-state index is -4.42. The molecular formula is C25H36N2O7SSi. The molecule has 9 nitrogen and oxygen atoms in total. The van der Waals surface area contributed by atoms with Gasteiger partial charge in [0.25, 0.3) is 5.69 Å². The van der Waals surface area contributed by atoms with Gasteiger partial charge in [-0.15, -0.1) is 0 Å². The van der Waals surface area contributed by atoms with E-state index >= 15 is 0 Å². The van der Waals surface area contributed by atoms with Crippen LogP contribution < -0.4 is 9.15 Å². The van der Waals surface area contributed by atoms with Crippen molar-refractivity contribution in [2.75, 3.05) is 0 Å². The second-order valence-electron chi connectivity index (χ2n) is 11.1. The molecule has 0 saturated heterocycles. The molecule has 0 fully saturated rings. The average Bonchev–Trinajstić information content (AvgIpc) is 2.72. The fourth-order valence-electron chi connectivity index (χ4n) is 3.01. The Kier molecular flexibility index (Phi) is 8.75. The van der Waals surface area contributed by atoms with E-state index in [0.717, 1.165) is 12.1 Å². The molecule has 0 spiro atoms. The zero-order valence-corrected chi connectivity index (χ0v) is 23.9. The number of hydrogen-bond donors (Lipinski definition) is 1. The van der Waals surface area contributed by atoms with Crippen LogP contribution in [0.1, 0.15) is 47.1 Å². The van der Waals surface area contributed by atoms with Gasteiger partial charge >= 0.3 is 5.97 Å². The summed E-state index contributed by atoms with van der Waals surface area (Å²) < 4.78 is 40.2. The number of carbonyl (C=O) groups excluding carboxylic acids is 1. The summed E-state index contributed by atoms with van der Waals surface area (Å²) in [6.45, 7) is 15.7. The van der Waals surface area contributed by atoms with Crippen LogP contribution in [0, 0.1) is 10.1 Å². The number of hydrogen-bond acceptors (Lipinski definition) is 7. The Bertz CT molecular complexity index is 1200. The van der Waals surface area contributed by atoms with Crippen LogP contribution in [0.15, 0.2) is 53.4 Å². The van der Waals surface area contributed by atoms with E-state index in [9.17, 15) is 23.3 Å². The van der Waals surface area contributed by atoms with Crippen molar-refractivity contribution in [1.29, 1.82) is 0 Å². The molecule has 36 heavy (non-hydrogen) atoms. The average molecular weight is 537 g/mol. The minimum Gasteiger partial charge on any atom is -0.544 e. The van der Waals surface area contributed by atoms with Crippen molar-refractivity contribution < 1.29 is 27.3 Å². The molecule has 11 heteroatoms. The smallest absolute Gasteiger partial charge is 0.325 e. The van der Waals surface area contributed by atoms with Gasteiger partial charge in [-0.2, -0.15) is 4.72 Å². The molecule has 1 N–H and O–H groups in total. The molecule has 0 aliphatic heterocycles. The van der Waals surface area contributed by atoms with Gasteiger partial charge in [-0.05, 0) is 69.1 Å². The lowest BCUT2D eigenvalue weighted by Gasteiger charge is -2.36. The van der Waals surface area contributed by atoms with Crippen LogP contribution in [0.2, 0.25) is 18.1 Å². The van der Waals surface area contributed by atoms with Crippen LogP contribution in [0.25, 0.3) is 0 Å². The Hall–Kier alpha value is -2.76. The van der Waals surface area contributed by atoms with Crippen LogP contribution in [0.4, 0.5) is 5.69 Å². The standard InChI is InChI=1S/C25H36N2O7SSi/c1-24(2,3)33-23(28)20(26-35(31,32)22-12-10-9-11-21(22)27(29)30)17-18-13-15-19(16-14-18)34-36(7,8)25(4,5)6/h9-16,20,26H,17H2,1-8H3/t20-/m0/s1. The lowest BCUT2D eigenvalue weighted by molar-refractivity contribution is -0.387. The summed E-state index contributed by atoms with van der Waals surface area (Å²) in [4.78, 5) is 23.0. The van der Waals surface area contributed by atoms with Crippen LogP contribution in [0.3, 0.4) is 0 Å². The lowest BCUT2D eigenvalue weighted by atomic mass is 10.1. The number of nitrogens with zero attached hydrogens (tertiary/aromatic N) is 1. The fraction of sp³-hybridized carbons (Fsp3) is 0.480. The summed E-state index contributed by atoms with van der Waals surface area (Å²) in [6, 6.07) is 10.8. The fourth-order valence-corrected chi connectivity index (χ4v) is 5.40. The third-order valence-corrected chi connectivity index (χ3v) is 11.8. The monoisotopic (exact) mass is 536 g/mol. The number of nitro benzene ring substituents is 1. The van der Waals surface area contributed by atoms with E-state index in [0.29, 0.717) is 11.3 Å². The summed E-state index contributed by atoms with van der Waals surface area (Å²) in [5.74, 6) is -0.0918. The van der Waals surface area contributed by atoms with E-state index in [1.807, 2.05) is 0 Å². The Morgan fingerprint density at radius 1 is 1.03 bits per heavy atom. The van der Waals surface area contributed by atoms with E-state index in [-0.39, 0.29) is 11.5 Å². The first-order valence-corrected chi connectivity index (χ1v) is 16.0. The highest BCUT2D eigenvalue weighted by atomic mass is 32.2. The molecular weight excluding hydrogens is 500 g/mol. The third-order valence-electron chi connectivity index (χ3n) is 5.88. The number of esters is 1. The van der Waals surface area contributed by atoms with Gasteiger partial charge in [-0.25, -0.2) is 8.42 Å². The quantitative estimate of drug-likeness (QED) is 0.202. The Morgan fingerprint density at radius 3 is 2.08 bits per heavy atom. The number of ether oxygens (including phenoxy) is 1. The molecule has 1 atom stereocenters. The van der Waals surface area contributed by atoms with Gasteiger partial charge in [0.15, 0.2) is 4.90 Å². The van der Waals surface area contributed by atoms with E-state index < -0.39 is 51.5 Å². The van der Waals surface area contributed by atoms with E-state index in [1.165, 1.54) is 12.1 Å². The SMILES string of the molecule is CC(C)(C)OC(=O)[C@H](Cc1ccc(O[Si](C)(C)C(C)(C)C)cc1)NS(=O)(=O)c1ccccc1[N+](=O)[O-]. The number of benzene rings is 2. The highest BCUT2D eigenvalue weighted by Gasteiger charge is 2.39. The van der Waals surface area contributed by atoms with Gasteiger partial charge in [-0.1, -0.05) is 45.0 Å². The van der Waals surface area contributed by atoms with Crippen molar-refractivity contribution in [2.24, 2.45) is 0 Å². The highest BCUT2D eigenvalue weighted by Crippen LogP contribution is 2.37. The minimum absolute atomic E-state index is 0.0187. The van der Waals surface area contributed by atoms with Crippen LogP contribution >= 0.6 is 0 Å². The molecule has 0 bridgehead atoms. The van der Waals surface area contributed by atoms with Gasteiger partial charge in [0, 0.05) is 6.07 Å². The molecule has 0 radical (unpaired) electrons. The molecule has 0 aromatic heterocycles. The first-order valence-electron chi connectivity index (χ1n) is 11.6. The molecule has 0 saturated carbocycles. The van der Waals surface area contributed by atoms with Crippen LogP contribution in [-0.2, 0) is 26.0 Å². The van der Waals surface area contributed by atoms with Crippen molar-refractivity contribution in [1.82, 2.24) is 4.72 Å². The largest absolute Gasteiger partial charge is 0.544 e. The van der Waals surface area contributed by atoms with Crippen molar-refractivity contribution in [3.63, 3.8) is 0 Å². The zero-order valence-electron chi connectivity index (χ0n) is 22.1. The maximum absolute atomic E-state index is 13.1. The van der Waals surface area contributed by atoms with Crippen molar-refractivity contribution >= 4 is 30.0 Å². The molecule has 2 aromatic rings. The summed E-state index contributed by atoms with van der Waals surface area (Å²) in [5, 5.41) is 11.4. The molecule has 198 valence electrons. The Balaban J connectivity index is 2.35. The Morgan fingerprint density at radius 2 is 1.58 bits per heavy atom. The summed E-state index contributed by atoms with van der Waals surface area (Å²) >= 11 is 0. The maximum atomic E-state index is 13.1. The van der Waals surface area contributed by atoms with Gasteiger partial charge in [0.2, 0.25) is 18.3 Å². The molecule has 2 rings (SSSR count). The third kappa shape index (κ3) is 7.87. The number of nitro groups is 1. The maximum Gasteiger partial charge on any atom is 0.325 e. The number of carbonyl (C=O) groups is 1. The van der Waals surface area contributed by atoms with Crippen molar-refractivity contribution in [2.45, 2.75) is 82.6 Å². The van der Waals surface area contributed by atoms with Crippen LogP contribution in [0.5, 0.6) is 5.75 Å². The zero-order chi connectivity index (χ0) is 27.5. The second kappa shape index (κ2) is 10.7. The molecule has 0 unspecified atom stereocenters. The first kappa shape index (κ1) is 29.5. The number of sulfonamides is 1. The molecule has 0 amide bonds. The van der Waals surface area contributed by atoms with Gasteiger partial charge in [0.05, 0.1) is 4.92 Å². The lowest BCUT2D eigenvalue weighted by Crippen LogP contribution is -2.45. The predicted octanol–water partition coefficient (Wildman–Crippen LogP) is 5.21. The first-order chi connectivity index (χ1) is 16.3. The molecule has 0 aliphatic carbocycles. The second-order valence-corrected chi connectivity index (χ2v) is 17.5. The number of rotatable bonds is 9. The topological polar surface area (TPSA) is 125 Å². The molecule has 2 aromatic carbocycles. The number of para-hydroxylation sites is 1. The van der Waals surface area contributed by atoms with E-state index in [2.05, 4.69) is 38.6 Å². The van der Waals surface area contributed by atoms with Crippen molar-refractivity contribution in [3.8, 4) is 5.75 Å². The van der Waals surface area contributed by atoms with E-state index in [1.54, 1.807) is 45.0 Å². The molecule has 0 aliphatic rings. The molecule has 0 heterocycles. The van der Waals surface area contributed by atoms with Crippen molar-refractivity contribution in [3.05, 3.63) is 64.2 Å². The van der Waals surface area contributed by atoms with Crippen LogP contribution in [-0.4, -0.2) is 39.3 Å². The Labute approximate surface area is 214 Å². The summed E-state index contributed by atoms with van der Waals surface area (Å²) in [6.07, 6.45) is -0.0187. The normalized spacial score (nSPS) is 13.7. The highest BCUT2D eigenvalue weighted by molar-refractivity contribution is 7.89. The van der Waals surface area contributed by atoms with E-state index in [4.69, 9.17) is 9.16 Å².